The molecule has 2 amide bonds. The second-order valence-electron chi connectivity index (χ2n) is 11.8. The van der Waals surface area contributed by atoms with Gasteiger partial charge in [-0.2, -0.15) is 0 Å². The van der Waals surface area contributed by atoms with Crippen molar-refractivity contribution in [2.24, 2.45) is 17.8 Å². The van der Waals surface area contributed by atoms with Crippen LogP contribution in [0.1, 0.15) is 83.2 Å². The van der Waals surface area contributed by atoms with E-state index in [9.17, 15) is 19.2 Å². The lowest BCUT2D eigenvalue weighted by Gasteiger charge is -2.27. The monoisotopic (exact) mass is 688 g/mol. The number of esters is 2. The molecule has 4 N–H and O–H groups in total. The maximum Gasteiger partial charge on any atom is 0.344 e. The summed E-state index contributed by atoms with van der Waals surface area (Å²) in [6.45, 7) is 7.59. The number of halogens is 2. The van der Waals surface area contributed by atoms with E-state index in [1.165, 1.54) is 0 Å². The first-order chi connectivity index (χ1) is 21.4. The molecule has 2 fully saturated rings. The summed E-state index contributed by atoms with van der Waals surface area (Å²) in [5.41, 5.74) is 0.612. The zero-order valence-electron chi connectivity index (χ0n) is 27.3. The number of carbonyl (C=O) groups excluding carboxylic acids is 4. The molecular weight excluding hydrogens is 635 g/mol. The van der Waals surface area contributed by atoms with Gasteiger partial charge in [0, 0.05) is 5.92 Å². The van der Waals surface area contributed by atoms with Crippen LogP contribution in [0, 0.1) is 17.8 Å². The van der Waals surface area contributed by atoms with E-state index < -0.39 is 23.9 Å². The van der Waals surface area contributed by atoms with Gasteiger partial charge in [-0.15, -0.1) is 24.8 Å². The Morgan fingerprint density at radius 2 is 1.41 bits per heavy atom. The molecule has 1 unspecified atom stereocenters. The summed E-state index contributed by atoms with van der Waals surface area (Å²) in [5.74, 6) is 0.0999. The molecule has 46 heavy (non-hydrogen) atoms. The first-order valence-electron chi connectivity index (χ1n) is 16.4. The number of benzene rings is 1. The van der Waals surface area contributed by atoms with Gasteiger partial charge in [-0.25, -0.2) is 4.79 Å². The lowest BCUT2D eigenvalue weighted by molar-refractivity contribution is -0.145. The van der Waals surface area contributed by atoms with E-state index in [2.05, 4.69) is 21.3 Å². The number of piperidine rings is 2. The molecule has 2 saturated heterocycles. The van der Waals surface area contributed by atoms with E-state index >= 15 is 0 Å². The third-order valence-corrected chi connectivity index (χ3v) is 8.49. The van der Waals surface area contributed by atoms with E-state index in [1.807, 2.05) is 0 Å². The summed E-state index contributed by atoms with van der Waals surface area (Å²) in [6, 6.07) is 6.12. The molecule has 0 aliphatic carbocycles. The molecule has 3 rings (SSSR count). The van der Waals surface area contributed by atoms with Crippen molar-refractivity contribution in [2.75, 3.05) is 52.5 Å². The Kier molecular flexibility index (Phi) is 21.3. The maximum absolute atomic E-state index is 13.4. The van der Waals surface area contributed by atoms with Gasteiger partial charge in [0.05, 0.1) is 32.2 Å². The van der Waals surface area contributed by atoms with Gasteiger partial charge in [-0.3, -0.25) is 14.4 Å². The SMILES string of the molecule is CCOC(=O)COc1cccc(C(CC(=O)OCC)NC(=O)CNC(=O)C(CCC2CCNCC2)CCC2CCNCC2)c1.Cl.Cl. The Morgan fingerprint density at radius 1 is 0.848 bits per heavy atom. The highest BCUT2D eigenvalue weighted by Crippen LogP contribution is 2.27. The smallest absolute Gasteiger partial charge is 0.344 e. The summed E-state index contributed by atoms with van der Waals surface area (Å²) >= 11 is 0. The highest BCUT2D eigenvalue weighted by molar-refractivity contribution is 5.86. The second-order valence-corrected chi connectivity index (χ2v) is 11.8. The Bertz CT molecular complexity index is 1030. The first-order valence-corrected chi connectivity index (χ1v) is 16.4. The van der Waals surface area contributed by atoms with Gasteiger partial charge >= 0.3 is 11.9 Å². The molecule has 1 aromatic rings. The highest BCUT2D eigenvalue weighted by atomic mass is 35.5. The molecule has 2 aliphatic rings. The van der Waals surface area contributed by atoms with Crippen molar-refractivity contribution in [3.05, 3.63) is 29.8 Å². The average molecular weight is 690 g/mol. The van der Waals surface area contributed by atoms with Gasteiger partial charge in [-0.05, 0) is 121 Å². The lowest BCUT2D eigenvalue weighted by Crippen LogP contribution is -2.41. The Balaban J connectivity index is 0.00000529. The predicted octanol–water partition coefficient (Wildman–Crippen LogP) is 3.87. The Morgan fingerprint density at radius 3 is 1.98 bits per heavy atom. The third-order valence-electron chi connectivity index (χ3n) is 8.49. The van der Waals surface area contributed by atoms with Crippen molar-refractivity contribution in [3.63, 3.8) is 0 Å². The molecule has 0 aromatic heterocycles. The molecule has 1 aromatic carbocycles. The van der Waals surface area contributed by atoms with E-state index in [0.29, 0.717) is 23.1 Å². The van der Waals surface area contributed by atoms with Crippen LogP contribution >= 0.6 is 24.8 Å². The molecule has 11 nitrogen and oxygen atoms in total. The normalized spacial score (nSPS) is 15.9. The number of amides is 2. The molecule has 0 radical (unpaired) electrons. The summed E-state index contributed by atoms with van der Waals surface area (Å²) in [5, 5.41) is 12.6. The molecule has 0 bridgehead atoms. The van der Waals surface area contributed by atoms with E-state index in [0.717, 1.165) is 77.5 Å². The van der Waals surface area contributed by atoms with Crippen LogP contribution in [0.2, 0.25) is 0 Å². The standard InChI is InChI=1S/C33H52N4O7.2ClH/c1-3-42-31(39)21-29(27-6-5-7-28(20-27)44-23-32(40)43-4-2)37-30(38)22-36-33(41)26(10-8-24-12-16-34-17-13-24)11-9-25-14-18-35-19-15-25;;/h5-7,20,24-26,29,34-35H,3-4,8-19,21-23H2,1-2H3,(H,36,41)(H,37,38);2*1H. The number of nitrogens with one attached hydrogen (secondary N) is 4. The van der Waals surface area contributed by atoms with Crippen LogP contribution in [0.4, 0.5) is 0 Å². The van der Waals surface area contributed by atoms with Gasteiger partial charge in [0.2, 0.25) is 11.8 Å². The largest absolute Gasteiger partial charge is 0.482 e. The minimum absolute atomic E-state index is 0. The van der Waals surface area contributed by atoms with Crippen LogP contribution in [-0.4, -0.2) is 76.3 Å². The van der Waals surface area contributed by atoms with Crippen molar-refractivity contribution in [3.8, 4) is 5.75 Å². The molecule has 0 spiro atoms. The van der Waals surface area contributed by atoms with Gasteiger partial charge in [-0.1, -0.05) is 12.1 Å². The van der Waals surface area contributed by atoms with Gasteiger partial charge < -0.3 is 35.5 Å². The molecule has 262 valence electrons. The fourth-order valence-corrected chi connectivity index (χ4v) is 5.98. The molecule has 13 heteroatoms. The van der Waals surface area contributed by atoms with Crippen LogP contribution < -0.4 is 26.0 Å². The van der Waals surface area contributed by atoms with Gasteiger partial charge in [0.15, 0.2) is 6.61 Å². The number of carbonyl (C=O) groups is 4. The van der Waals surface area contributed by atoms with E-state index in [-0.39, 0.29) is 69.4 Å². The molecule has 2 aliphatic heterocycles. The first kappa shape index (κ1) is 41.4. The average Bonchev–Trinajstić information content (AvgIpc) is 3.04. The Labute approximate surface area is 286 Å². The fourth-order valence-electron chi connectivity index (χ4n) is 5.98. The fraction of sp³-hybridized carbons (Fsp3) is 0.697. The third kappa shape index (κ3) is 15.8. The summed E-state index contributed by atoms with van der Waals surface area (Å²) in [6.07, 6.45) is 8.17. The molecular formula is C33H54Cl2N4O7. The van der Waals surface area contributed by atoms with Crippen LogP contribution in [0.15, 0.2) is 24.3 Å². The lowest BCUT2D eigenvalue weighted by atomic mass is 9.84. The van der Waals surface area contributed by atoms with Crippen molar-refractivity contribution < 1.29 is 33.4 Å². The maximum atomic E-state index is 13.4. The van der Waals surface area contributed by atoms with Crippen LogP contribution in [0.5, 0.6) is 5.75 Å². The Hall–Kier alpha value is -2.60. The summed E-state index contributed by atoms with van der Waals surface area (Å²) < 4.78 is 15.6. The number of ether oxygens (including phenoxy) is 3. The van der Waals surface area contributed by atoms with Crippen LogP contribution in [-0.2, 0) is 28.7 Å². The van der Waals surface area contributed by atoms with Gasteiger partial charge in [0.25, 0.3) is 0 Å². The highest BCUT2D eigenvalue weighted by Gasteiger charge is 2.25. The topological polar surface area (TPSA) is 144 Å². The quantitative estimate of drug-likeness (QED) is 0.169. The predicted molar refractivity (Wildman–Crippen MR) is 181 cm³/mol. The summed E-state index contributed by atoms with van der Waals surface area (Å²) in [7, 11) is 0. The van der Waals surface area contributed by atoms with Crippen molar-refractivity contribution in [1.82, 2.24) is 21.3 Å². The second kappa shape index (κ2) is 23.7. The van der Waals surface area contributed by atoms with Crippen molar-refractivity contribution in [1.29, 1.82) is 0 Å². The van der Waals surface area contributed by atoms with Gasteiger partial charge in [0.1, 0.15) is 5.75 Å². The minimum Gasteiger partial charge on any atom is -0.482 e. The molecule has 0 saturated carbocycles. The molecule has 1 atom stereocenters. The van der Waals surface area contributed by atoms with Crippen molar-refractivity contribution >= 4 is 48.6 Å². The van der Waals surface area contributed by atoms with Crippen LogP contribution in [0.25, 0.3) is 0 Å². The summed E-state index contributed by atoms with van der Waals surface area (Å²) in [4.78, 5) is 50.6. The minimum atomic E-state index is -0.708. The zero-order chi connectivity index (χ0) is 31.6. The van der Waals surface area contributed by atoms with Crippen molar-refractivity contribution in [2.45, 2.75) is 77.7 Å². The van der Waals surface area contributed by atoms with E-state index in [4.69, 9.17) is 14.2 Å². The zero-order valence-corrected chi connectivity index (χ0v) is 28.9. The molecule has 2 heterocycles. The van der Waals surface area contributed by atoms with Crippen LogP contribution in [0.3, 0.4) is 0 Å². The number of rotatable bonds is 18. The number of hydrogen-bond donors (Lipinski definition) is 4. The van der Waals surface area contributed by atoms with E-state index in [1.54, 1.807) is 38.1 Å². The number of hydrogen-bond acceptors (Lipinski definition) is 9.